The van der Waals surface area contributed by atoms with Crippen LogP contribution in [0.2, 0.25) is 0 Å². The minimum Gasteiger partial charge on any atom is -0.460 e. The molecule has 2 heterocycles. The van der Waals surface area contributed by atoms with Crippen molar-refractivity contribution >= 4 is 5.97 Å². The van der Waals surface area contributed by atoms with Crippen LogP contribution in [-0.2, 0) is 33.6 Å². The molecule has 1 atom stereocenters. The minimum atomic E-state index is -4.66. The zero-order valence-corrected chi connectivity index (χ0v) is 26.1. The van der Waals surface area contributed by atoms with E-state index in [1.807, 2.05) is 51.1 Å². The first-order chi connectivity index (χ1) is 20.1. The number of esters is 1. The molecule has 0 unspecified atom stereocenters. The van der Waals surface area contributed by atoms with E-state index in [9.17, 15) is 18.0 Å². The monoisotopic (exact) mass is 603 g/mol. The number of benzene rings is 1. The summed E-state index contributed by atoms with van der Waals surface area (Å²) in [5.74, 6) is -0.666. The molecule has 43 heavy (non-hydrogen) atoms. The van der Waals surface area contributed by atoms with Crippen molar-refractivity contribution in [3.05, 3.63) is 59.0 Å². The highest BCUT2D eigenvalue weighted by Gasteiger charge is 2.42. The number of aromatic nitrogens is 3. The highest BCUT2D eigenvalue weighted by atomic mass is 19.4. The molecule has 1 saturated carbocycles. The van der Waals surface area contributed by atoms with Gasteiger partial charge in [0.2, 0.25) is 0 Å². The number of hydrogen-bond acceptors (Lipinski definition) is 6. The number of halogens is 3. The molecule has 0 saturated heterocycles. The van der Waals surface area contributed by atoms with Crippen LogP contribution in [-0.4, -0.2) is 33.1 Å². The van der Waals surface area contributed by atoms with Crippen LogP contribution in [0.25, 0.3) is 11.3 Å². The van der Waals surface area contributed by atoms with E-state index in [-0.39, 0.29) is 35.0 Å². The van der Waals surface area contributed by atoms with E-state index < -0.39 is 23.4 Å². The van der Waals surface area contributed by atoms with Crippen molar-refractivity contribution < 1.29 is 32.0 Å². The van der Waals surface area contributed by atoms with Crippen molar-refractivity contribution in [2.75, 3.05) is 6.61 Å². The molecule has 0 bridgehead atoms. The first-order valence-corrected chi connectivity index (χ1v) is 15.1. The lowest BCUT2D eigenvalue weighted by molar-refractivity contribution is -0.155. The van der Waals surface area contributed by atoms with Gasteiger partial charge < -0.3 is 14.0 Å². The Balaban J connectivity index is 1.61. The third-order valence-corrected chi connectivity index (χ3v) is 7.28. The van der Waals surface area contributed by atoms with Crippen molar-refractivity contribution in [2.45, 2.75) is 117 Å². The van der Waals surface area contributed by atoms with Crippen LogP contribution < -0.4 is 0 Å². The minimum absolute atomic E-state index is 0.0192. The molecule has 7 nitrogen and oxygen atoms in total. The zero-order valence-electron chi connectivity index (χ0n) is 26.1. The van der Waals surface area contributed by atoms with Crippen molar-refractivity contribution in [1.29, 1.82) is 0 Å². The predicted octanol–water partition coefficient (Wildman–Crippen LogP) is 8.68. The van der Waals surface area contributed by atoms with Gasteiger partial charge in [-0.05, 0) is 69.8 Å². The number of alkyl halides is 3. The number of nitrogens with zero attached hydrogens (tertiary/aromatic N) is 3. The standard InChI is InChI=1S/C33H44F3N3O4/c1-31(2,3)16-17-39-20-25(30(37-39)33(34,35)36)29-27(23-14-15-23)28(38-43-29)24(19-26(40)42-32(4,5)6)13-10-18-41-21-22-11-8-7-9-12-22/h7-9,11-12,20,23-24H,10,13-19,21H2,1-6H3/t24-/m0/s1. The van der Waals surface area contributed by atoms with E-state index in [1.165, 1.54) is 10.9 Å². The summed E-state index contributed by atoms with van der Waals surface area (Å²) < 4.78 is 61.2. The summed E-state index contributed by atoms with van der Waals surface area (Å²) in [6.45, 7) is 12.8. The third kappa shape index (κ3) is 9.68. The summed E-state index contributed by atoms with van der Waals surface area (Å²) in [7, 11) is 0. The maximum Gasteiger partial charge on any atom is 0.435 e. The van der Waals surface area contributed by atoms with Crippen LogP contribution in [0.15, 0.2) is 41.1 Å². The second kappa shape index (κ2) is 13.2. The molecule has 1 fully saturated rings. The second-order valence-electron chi connectivity index (χ2n) is 13.7. The molecule has 1 aromatic carbocycles. The molecular formula is C33H44F3N3O4. The summed E-state index contributed by atoms with van der Waals surface area (Å²) in [6.07, 6.45) is 0.264. The quantitative estimate of drug-likeness (QED) is 0.144. The Morgan fingerprint density at radius 1 is 1.09 bits per heavy atom. The van der Waals surface area contributed by atoms with E-state index in [0.29, 0.717) is 50.3 Å². The van der Waals surface area contributed by atoms with Crippen LogP contribution in [0.5, 0.6) is 0 Å². The molecule has 3 aromatic rings. The van der Waals surface area contributed by atoms with Gasteiger partial charge in [-0.3, -0.25) is 9.48 Å². The molecule has 0 N–H and O–H groups in total. The summed E-state index contributed by atoms with van der Waals surface area (Å²) in [6, 6.07) is 9.84. The van der Waals surface area contributed by atoms with Gasteiger partial charge in [-0.2, -0.15) is 18.3 Å². The third-order valence-electron chi connectivity index (χ3n) is 7.28. The smallest absolute Gasteiger partial charge is 0.435 e. The van der Waals surface area contributed by atoms with Crippen LogP contribution in [0.1, 0.15) is 114 Å². The molecule has 1 aliphatic rings. The molecular weight excluding hydrogens is 559 g/mol. The maximum atomic E-state index is 14.2. The number of aryl methyl sites for hydroxylation is 1. The van der Waals surface area contributed by atoms with Crippen molar-refractivity contribution in [1.82, 2.24) is 14.9 Å². The van der Waals surface area contributed by atoms with Gasteiger partial charge >= 0.3 is 12.1 Å². The highest BCUT2D eigenvalue weighted by Crippen LogP contribution is 2.50. The number of rotatable bonds is 13. The van der Waals surface area contributed by atoms with E-state index in [4.69, 9.17) is 14.0 Å². The van der Waals surface area contributed by atoms with E-state index in [2.05, 4.69) is 10.3 Å². The Kier molecular flexibility index (Phi) is 10.1. The van der Waals surface area contributed by atoms with Gasteiger partial charge in [0, 0.05) is 30.8 Å². The molecule has 10 heteroatoms. The molecule has 236 valence electrons. The molecule has 4 rings (SSSR count). The summed E-state index contributed by atoms with van der Waals surface area (Å²) >= 11 is 0. The topological polar surface area (TPSA) is 79.4 Å². The Morgan fingerprint density at radius 3 is 2.40 bits per heavy atom. The Morgan fingerprint density at radius 2 is 1.79 bits per heavy atom. The van der Waals surface area contributed by atoms with Gasteiger partial charge in [0.15, 0.2) is 11.5 Å². The van der Waals surface area contributed by atoms with Gasteiger partial charge in [0.1, 0.15) is 5.60 Å². The molecule has 2 aromatic heterocycles. The first-order valence-electron chi connectivity index (χ1n) is 15.1. The fraction of sp³-hybridized carbons (Fsp3) is 0.606. The Labute approximate surface area is 252 Å². The molecule has 0 amide bonds. The lowest BCUT2D eigenvalue weighted by atomic mass is 9.90. The van der Waals surface area contributed by atoms with E-state index >= 15 is 0 Å². The zero-order chi connectivity index (χ0) is 31.4. The molecule has 0 aliphatic heterocycles. The predicted molar refractivity (Wildman–Crippen MR) is 157 cm³/mol. The fourth-order valence-electron chi connectivity index (χ4n) is 5.04. The van der Waals surface area contributed by atoms with Crippen LogP contribution in [0.3, 0.4) is 0 Å². The van der Waals surface area contributed by atoms with Crippen LogP contribution >= 0.6 is 0 Å². The molecule has 0 spiro atoms. The van der Waals surface area contributed by atoms with Crippen molar-refractivity contribution in [3.8, 4) is 11.3 Å². The number of carbonyl (C=O) groups excluding carboxylic acids is 1. The van der Waals surface area contributed by atoms with Gasteiger partial charge in [-0.1, -0.05) is 56.3 Å². The first kappa shape index (κ1) is 32.8. The Bertz CT molecular complexity index is 1350. The highest BCUT2D eigenvalue weighted by molar-refractivity contribution is 5.72. The molecule has 0 radical (unpaired) electrons. The van der Waals surface area contributed by atoms with Gasteiger partial charge in [0.05, 0.1) is 24.3 Å². The normalized spacial score (nSPS) is 15.1. The van der Waals surface area contributed by atoms with Crippen LogP contribution in [0, 0.1) is 5.41 Å². The number of hydrogen-bond donors (Lipinski definition) is 0. The Hall–Kier alpha value is -3.14. The average Bonchev–Trinajstić information content (AvgIpc) is 3.47. The lowest BCUT2D eigenvalue weighted by Crippen LogP contribution is -2.25. The molecule has 1 aliphatic carbocycles. The second-order valence-corrected chi connectivity index (χ2v) is 13.7. The SMILES string of the molecule is CC(C)(C)CCn1cc(-c2onc([C@@H](CCCOCc3ccccc3)CC(=O)OC(C)(C)C)c2C2CC2)c(C(F)(F)F)n1. The summed E-state index contributed by atoms with van der Waals surface area (Å²) in [5, 5.41) is 8.27. The average molecular weight is 604 g/mol. The summed E-state index contributed by atoms with van der Waals surface area (Å²) in [5.41, 5.74) is 0.421. The van der Waals surface area contributed by atoms with Gasteiger partial charge in [0.25, 0.3) is 0 Å². The van der Waals surface area contributed by atoms with Crippen molar-refractivity contribution in [3.63, 3.8) is 0 Å². The van der Waals surface area contributed by atoms with Gasteiger partial charge in [-0.15, -0.1) is 0 Å². The maximum absolute atomic E-state index is 14.2. The van der Waals surface area contributed by atoms with E-state index in [0.717, 1.165) is 18.4 Å². The van der Waals surface area contributed by atoms with Crippen molar-refractivity contribution in [2.24, 2.45) is 5.41 Å². The van der Waals surface area contributed by atoms with Gasteiger partial charge in [-0.25, -0.2) is 0 Å². The van der Waals surface area contributed by atoms with Crippen LogP contribution in [0.4, 0.5) is 13.2 Å². The summed E-state index contributed by atoms with van der Waals surface area (Å²) in [4.78, 5) is 13.0. The number of ether oxygens (including phenoxy) is 2. The lowest BCUT2D eigenvalue weighted by Gasteiger charge is -2.22. The largest absolute Gasteiger partial charge is 0.460 e. The number of carbonyl (C=O) groups is 1. The van der Waals surface area contributed by atoms with E-state index in [1.54, 1.807) is 20.8 Å². The fourth-order valence-corrected chi connectivity index (χ4v) is 5.04.